The van der Waals surface area contributed by atoms with Crippen molar-refractivity contribution in [1.82, 2.24) is 14.9 Å². The van der Waals surface area contributed by atoms with Crippen molar-refractivity contribution >= 4 is 34.2 Å². The number of carbonyl (C=O) groups excluding carboxylic acids is 2. The Kier molecular flexibility index (Phi) is 7.82. The highest BCUT2D eigenvalue weighted by Gasteiger charge is 2.34. The number of hydrogen-bond donors (Lipinski definition) is 2. The normalized spacial score (nSPS) is 13.8. The lowest BCUT2D eigenvalue weighted by molar-refractivity contribution is 0.0654. The molecule has 2 N–H and O–H groups in total. The summed E-state index contributed by atoms with van der Waals surface area (Å²) in [5.41, 5.74) is 0.758. The van der Waals surface area contributed by atoms with Gasteiger partial charge in [-0.3, -0.25) is 14.5 Å². The summed E-state index contributed by atoms with van der Waals surface area (Å²) in [6, 6.07) is 6.61. The number of hydrogen-bond acceptors (Lipinski definition) is 5. The number of nitrogens with zero attached hydrogens (tertiary/aromatic N) is 1. The van der Waals surface area contributed by atoms with Gasteiger partial charge in [0.15, 0.2) is 0 Å². The van der Waals surface area contributed by atoms with Crippen LogP contribution in [0.1, 0.15) is 34.1 Å². The molecule has 1 aromatic rings. The molecule has 7 nitrogen and oxygen atoms in total. The van der Waals surface area contributed by atoms with Gasteiger partial charge >= 0.3 is 0 Å². The van der Waals surface area contributed by atoms with Crippen LogP contribution in [-0.2, 0) is 10.0 Å². The Balaban J connectivity index is 0.00000288. The van der Waals surface area contributed by atoms with E-state index in [2.05, 4.69) is 10.0 Å². The minimum atomic E-state index is -3.40. The molecular formula is C15H22ClN3O4S. The summed E-state index contributed by atoms with van der Waals surface area (Å²) < 4.78 is 26.1. The SMILES string of the molecule is CCNCCNS(=O)(=O)CCCN1C(=O)c2ccccc2C1=O.Cl. The Morgan fingerprint density at radius 3 is 2.17 bits per heavy atom. The van der Waals surface area contributed by atoms with E-state index in [1.807, 2.05) is 6.92 Å². The van der Waals surface area contributed by atoms with Crippen molar-refractivity contribution in [2.75, 3.05) is 31.9 Å². The van der Waals surface area contributed by atoms with Crippen LogP contribution in [0.25, 0.3) is 0 Å². The molecule has 1 aliphatic rings. The van der Waals surface area contributed by atoms with Gasteiger partial charge in [0.05, 0.1) is 16.9 Å². The van der Waals surface area contributed by atoms with E-state index in [9.17, 15) is 18.0 Å². The zero-order valence-corrected chi connectivity index (χ0v) is 15.1. The van der Waals surface area contributed by atoms with Gasteiger partial charge in [-0.05, 0) is 25.1 Å². The summed E-state index contributed by atoms with van der Waals surface area (Å²) in [5.74, 6) is -0.835. The fourth-order valence-corrected chi connectivity index (χ4v) is 3.47. The van der Waals surface area contributed by atoms with E-state index in [0.29, 0.717) is 24.2 Å². The molecule has 0 saturated heterocycles. The van der Waals surface area contributed by atoms with Gasteiger partial charge in [-0.1, -0.05) is 19.1 Å². The summed E-state index contributed by atoms with van der Waals surface area (Å²) in [6.45, 7) is 3.70. The maximum Gasteiger partial charge on any atom is 0.261 e. The average Bonchev–Trinajstić information content (AvgIpc) is 2.77. The number of benzene rings is 1. The average molecular weight is 376 g/mol. The number of likely N-dealkylation sites (N-methyl/N-ethyl adjacent to an activating group) is 1. The molecule has 0 radical (unpaired) electrons. The molecule has 0 bridgehead atoms. The first-order valence-electron chi connectivity index (χ1n) is 7.59. The molecule has 134 valence electrons. The maximum atomic E-state index is 12.1. The second kappa shape index (κ2) is 9.12. The van der Waals surface area contributed by atoms with Crippen molar-refractivity contribution in [2.24, 2.45) is 0 Å². The van der Waals surface area contributed by atoms with Crippen molar-refractivity contribution < 1.29 is 18.0 Å². The largest absolute Gasteiger partial charge is 0.316 e. The second-order valence-corrected chi connectivity index (χ2v) is 7.15. The van der Waals surface area contributed by atoms with E-state index >= 15 is 0 Å². The van der Waals surface area contributed by atoms with Crippen LogP contribution in [0.5, 0.6) is 0 Å². The first-order valence-corrected chi connectivity index (χ1v) is 9.25. The van der Waals surface area contributed by atoms with Crippen LogP contribution < -0.4 is 10.0 Å². The molecule has 2 amide bonds. The minimum absolute atomic E-state index is 0. The van der Waals surface area contributed by atoms with Gasteiger partial charge in [-0.2, -0.15) is 0 Å². The van der Waals surface area contributed by atoms with Crippen molar-refractivity contribution in [1.29, 1.82) is 0 Å². The van der Waals surface area contributed by atoms with Crippen LogP contribution >= 0.6 is 12.4 Å². The smallest absolute Gasteiger partial charge is 0.261 e. The lowest BCUT2D eigenvalue weighted by Gasteiger charge is -2.14. The van der Waals surface area contributed by atoms with E-state index in [1.54, 1.807) is 24.3 Å². The molecule has 0 aliphatic carbocycles. The van der Waals surface area contributed by atoms with Gasteiger partial charge in [0.2, 0.25) is 10.0 Å². The predicted molar refractivity (Wildman–Crippen MR) is 94.0 cm³/mol. The number of carbonyl (C=O) groups is 2. The predicted octanol–water partition coefficient (Wildman–Crippen LogP) is 0.623. The number of nitrogens with one attached hydrogen (secondary N) is 2. The van der Waals surface area contributed by atoms with E-state index in [0.717, 1.165) is 11.4 Å². The topological polar surface area (TPSA) is 95.6 Å². The number of halogens is 1. The third-order valence-electron chi connectivity index (χ3n) is 3.55. The van der Waals surface area contributed by atoms with Gasteiger partial charge in [-0.15, -0.1) is 12.4 Å². The highest BCUT2D eigenvalue weighted by molar-refractivity contribution is 7.89. The molecule has 2 rings (SSSR count). The highest BCUT2D eigenvalue weighted by atomic mass is 35.5. The molecule has 0 aromatic heterocycles. The molecule has 1 aliphatic heterocycles. The summed E-state index contributed by atoms with van der Waals surface area (Å²) in [7, 11) is -3.40. The third-order valence-corrected chi connectivity index (χ3v) is 5.02. The van der Waals surface area contributed by atoms with Crippen LogP contribution in [0.4, 0.5) is 0 Å². The molecule has 0 atom stereocenters. The zero-order valence-electron chi connectivity index (χ0n) is 13.4. The lowest BCUT2D eigenvalue weighted by Crippen LogP contribution is -2.35. The molecule has 1 heterocycles. The standard InChI is InChI=1S/C15H21N3O4S.ClH/c1-2-16-8-9-17-23(21,22)11-5-10-18-14(19)12-6-3-4-7-13(12)15(18)20;/h3-4,6-7,16-17H,2,5,8-11H2,1H3;1H. The number of sulfonamides is 1. The van der Waals surface area contributed by atoms with Gasteiger partial charge in [-0.25, -0.2) is 13.1 Å². The summed E-state index contributed by atoms with van der Waals surface area (Å²) >= 11 is 0. The van der Waals surface area contributed by atoms with Crippen molar-refractivity contribution in [3.05, 3.63) is 35.4 Å². The van der Waals surface area contributed by atoms with E-state index in [-0.39, 0.29) is 42.9 Å². The number of imide groups is 1. The van der Waals surface area contributed by atoms with Crippen LogP contribution in [-0.4, -0.2) is 57.1 Å². The van der Waals surface area contributed by atoms with Crippen LogP contribution in [0, 0.1) is 0 Å². The molecule has 1 aromatic carbocycles. The van der Waals surface area contributed by atoms with E-state index in [1.165, 1.54) is 0 Å². The van der Waals surface area contributed by atoms with Gasteiger partial charge in [0, 0.05) is 19.6 Å². The Hall–Kier alpha value is -1.48. The molecule has 24 heavy (non-hydrogen) atoms. The lowest BCUT2D eigenvalue weighted by atomic mass is 10.1. The van der Waals surface area contributed by atoms with Crippen molar-refractivity contribution in [3.63, 3.8) is 0 Å². The first-order chi connectivity index (χ1) is 11.0. The maximum absolute atomic E-state index is 12.1. The molecule has 0 saturated carbocycles. The van der Waals surface area contributed by atoms with Crippen molar-refractivity contribution in [2.45, 2.75) is 13.3 Å². The number of amides is 2. The Bertz CT molecular complexity index is 659. The van der Waals surface area contributed by atoms with E-state index < -0.39 is 10.0 Å². The van der Waals surface area contributed by atoms with Crippen molar-refractivity contribution in [3.8, 4) is 0 Å². The summed E-state index contributed by atoms with van der Waals surface area (Å²) in [6.07, 6.45) is 0.210. The molecular weight excluding hydrogens is 354 g/mol. The minimum Gasteiger partial charge on any atom is -0.316 e. The fourth-order valence-electron chi connectivity index (χ4n) is 2.40. The zero-order chi connectivity index (χ0) is 16.9. The first kappa shape index (κ1) is 20.6. The number of rotatable bonds is 9. The molecule has 0 unspecified atom stereocenters. The third kappa shape index (κ3) is 5.01. The highest BCUT2D eigenvalue weighted by Crippen LogP contribution is 2.22. The summed E-state index contributed by atoms with van der Waals surface area (Å²) in [4.78, 5) is 25.4. The van der Waals surface area contributed by atoms with Crippen LogP contribution in [0.3, 0.4) is 0 Å². The monoisotopic (exact) mass is 375 g/mol. The number of fused-ring (bicyclic) bond motifs is 1. The fraction of sp³-hybridized carbons (Fsp3) is 0.467. The molecule has 0 spiro atoms. The van der Waals surface area contributed by atoms with Gasteiger partial charge < -0.3 is 5.32 Å². The Morgan fingerprint density at radius 2 is 1.62 bits per heavy atom. The molecule has 0 fully saturated rings. The molecule has 9 heteroatoms. The Morgan fingerprint density at radius 1 is 1.04 bits per heavy atom. The Labute approximate surface area is 148 Å². The van der Waals surface area contributed by atoms with E-state index in [4.69, 9.17) is 0 Å². The second-order valence-electron chi connectivity index (χ2n) is 5.23. The summed E-state index contributed by atoms with van der Waals surface area (Å²) in [5, 5.41) is 3.02. The van der Waals surface area contributed by atoms with Crippen LogP contribution in [0.2, 0.25) is 0 Å². The van der Waals surface area contributed by atoms with Gasteiger partial charge in [0.25, 0.3) is 11.8 Å². The van der Waals surface area contributed by atoms with Crippen LogP contribution in [0.15, 0.2) is 24.3 Å². The quantitative estimate of drug-likeness (QED) is 0.487. The van der Waals surface area contributed by atoms with Gasteiger partial charge in [0.1, 0.15) is 0 Å².